The van der Waals surface area contributed by atoms with E-state index in [1.54, 1.807) is 0 Å². The van der Waals surface area contributed by atoms with E-state index < -0.39 is 0 Å². The number of hydrogen-bond donors (Lipinski definition) is 0. The number of para-hydroxylation sites is 3. The lowest BCUT2D eigenvalue weighted by atomic mass is 9.82. The molecule has 0 saturated carbocycles. The summed E-state index contributed by atoms with van der Waals surface area (Å²) >= 11 is 0. The summed E-state index contributed by atoms with van der Waals surface area (Å²) in [4.78, 5) is 2.43. The van der Waals surface area contributed by atoms with Crippen LogP contribution in [0.3, 0.4) is 0 Å². The van der Waals surface area contributed by atoms with Crippen molar-refractivity contribution in [2.45, 2.75) is 19.3 Å². The zero-order valence-corrected chi connectivity index (χ0v) is 33.2. The first-order valence-electron chi connectivity index (χ1n) is 20.5. The van der Waals surface area contributed by atoms with Crippen molar-refractivity contribution in [3.63, 3.8) is 0 Å². The van der Waals surface area contributed by atoms with Crippen LogP contribution in [-0.2, 0) is 5.41 Å². The summed E-state index contributed by atoms with van der Waals surface area (Å²) in [6, 6.07) is 79.7. The van der Waals surface area contributed by atoms with Gasteiger partial charge in [-0.1, -0.05) is 172 Å². The van der Waals surface area contributed by atoms with Gasteiger partial charge in [0.2, 0.25) is 0 Å². The third-order valence-corrected chi connectivity index (χ3v) is 12.4. The standard InChI is InChI=1S/C57H42N2/c1-57(2)51-24-12-9-22-49(51)56-48(23-15-25-52(56)57)46-20-10-13-26-53(46)58(44-33-28-40(29-34-44)39-16-5-3-6-17-39)45-35-30-41(31-36-45)42-32-37-55-50(38-42)47-21-11-14-27-54(47)59(55)43-18-7-4-8-19-43/h3-38H,1-2H3. The van der Waals surface area contributed by atoms with Gasteiger partial charge in [0.1, 0.15) is 0 Å². The molecule has 280 valence electrons. The number of benzene rings is 9. The Kier molecular flexibility index (Phi) is 8.20. The highest BCUT2D eigenvalue weighted by Gasteiger charge is 2.37. The highest BCUT2D eigenvalue weighted by Crippen LogP contribution is 2.53. The molecule has 0 spiro atoms. The van der Waals surface area contributed by atoms with E-state index in [2.05, 4.69) is 242 Å². The second-order valence-corrected chi connectivity index (χ2v) is 16.1. The maximum Gasteiger partial charge on any atom is 0.0541 e. The minimum absolute atomic E-state index is 0.0842. The molecule has 1 heterocycles. The SMILES string of the molecule is CC1(C)c2ccccc2-c2c(-c3ccccc3N(c3ccc(-c4ccccc4)cc3)c3ccc(-c4ccc5c(c4)c4ccccc4n5-c4ccccc4)cc3)cccc21. The lowest BCUT2D eigenvalue weighted by molar-refractivity contribution is 0.660. The van der Waals surface area contributed by atoms with Crippen LogP contribution < -0.4 is 4.90 Å². The van der Waals surface area contributed by atoms with E-state index >= 15 is 0 Å². The molecule has 59 heavy (non-hydrogen) atoms. The molecule has 0 bridgehead atoms. The molecule has 0 fully saturated rings. The minimum atomic E-state index is -0.0842. The van der Waals surface area contributed by atoms with Crippen molar-refractivity contribution in [2.75, 3.05) is 4.90 Å². The molecule has 0 N–H and O–H groups in total. The Morgan fingerprint density at radius 1 is 0.373 bits per heavy atom. The first-order chi connectivity index (χ1) is 29.0. The second kappa shape index (κ2) is 13.9. The monoisotopic (exact) mass is 754 g/mol. The van der Waals surface area contributed by atoms with Crippen LogP contribution in [0.15, 0.2) is 218 Å². The highest BCUT2D eigenvalue weighted by molar-refractivity contribution is 6.10. The number of nitrogens with zero attached hydrogens (tertiary/aromatic N) is 2. The van der Waals surface area contributed by atoms with E-state index in [4.69, 9.17) is 0 Å². The van der Waals surface area contributed by atoms with Gasteiger partial charge in [-0.15, -0.1) is 0 Å². The number of fused-ring (bicyclic) bond motifs is 6. The Morgan fingerprint density at radius 3 is 1.64 bits per heavy atom. The van der Waals surface area contributed by atoms with Crippen LogP contribution in [0.2, 0.25) is 0 Å². The van der Waals surface area contributed by atoms with Gasteiger partial charge in [0.25, 0.3) is 0 Å². The van der Waals surface area contributed by atoms with Gasteiger partial charge in [-0.05, 0) is 111 Å². The predicted octanol–water partition coefficient (Wildman–Crippen LogP) is 15.6. The first-order valence-corrected chi connectivity index (χ1v) is 20.5. The van der Waals surface area contributed by atoms with Crippen LogP contribution in [0, 0.1) is 0 Å². The van der Waals surface area contributed by atoms with Gasteiger partial charge in [-0.25, -0.2) is 0 Å². The molecule has 0 aliphatic heterocycles. The molecule has 2 heteroatoms. The number of hydrogen-bond acceptors (Lipinski definition) is 1. The topological polar surface area (TPSA) is 8.17 Å². The number of rotatable bonds is 7. The summed E-state index contributed by atoms with van der Waals surface area (Å²) in [5.41, 5.74) is 19.5. The predicted molar refractivity (Wildman–Crippen MR) is 249 cm³/mol. The maximum atomic E-state index is 2.43. The molecule has 0 radical (unpaired) electrons. The minimum Gasteiger partial charge on any atom is -0.310 e. The molecule has 1 aromatic heterocycles. The van der Waals surface area contributed by atoms with Crippen LogP contribution in [0.1, 0.15) is 25.0 Å². The molecular formula is C57H42N2. The molecule has 10 aromatic rings. The Morgan fingerprint density at radius 2 is 0.898 bits per heavy atom. The third-order valence-electron chi connectivity index (χ3n) is 12.4. The molecule has 0 amide bonds. The van der Waals surface area contributed by atoms with Gasteiger partial charge in [0.15, 0.2) is 0 Å². The van der Waals surface area contributed by atoms with Crippen LogP contribution in [0.5, 0.6) is 0 Å². The smallest absolute Gasteiger partial charge is 0.0541 e. The van der Waals surface area contributed by atoms with Crippen molar-refractivity contribution < 1.29 is 0 Å². The first kappa shape index (κ1) is 34.8. The number of aromatic nitrogens is 1. The van der Waals surface area contributed by atoms with Gasteiger partial charge in [-0.2, -0.15) is 0 Å². The van der Waals surface area contributed by atoms with Crippen molar-refractivity contribution in [3.05, 3.63) is 230 Å². The normalized spacial score (nSPS) is 12.7. The fourth-order valence-electron chi connectivity index (χ4n) is 9.55. The Bertz CT molecular complexity index is 3150. The van der Waals surface area contributed by atoms with E-state index in [0.29, 0.717) is 0 Å². The van der Waals surface area contributed by atoms with Gasteiger partial charge >= 0.3 is 0 Å². The van der Waals surface area contributed by atoms with E-state index in [-0.39, 0.29) is 5.41 Å². The summed E-state index contributed by atoms with van der Waals surface area (Å²) in [7, 11) is 0. The Hall–Kier alpha value is -7.42. The van der Waals surface area contributed by atoms with Gasteiger partial charge in [-0.3, -0.25) is 0 Å². The molecule has 0 atom stereocenters. The fourth-order valence-corrected chi connectivity index (χ4v) is 9.55. The fraction of sp³-hybridized carbons (Fsp3) is 0.0526. The summed E-state index contributed by atoms with van der Waals surface area (Å²) in [5, 5.41) is 2.50. The van der Waals surface area contributed by atoms with E-state index in [0.717, 1.165) is 17.1 Å². The van der Waals surface area contributed by atoms with E-state index in [9.17, 15) is 0 Å². The van der Waals surface area contributed by atoms with Crippen molar-refractivity contribution in [3.8, 4) is 50.2 Å². The maximum absolute atomic E-state index is 2.43. The lowest BCUT2D eigenvalue weighted by Gasteiger charge is -2.29. The molecular weight excluding hydrogens is 713 g/mol. The van der Waals surface area contributed by atoms with Crippen molar-refractivity contribution in [1.82, 2.24) is 4.57 Å². The van der Waals surface area contributed by atoms with E-state index in [1.165, 1.54) is 83.1 Å². The second-order valence-electron chi connectivity index (χ2n) is 16.1. The molecule has 0 unspecified atom stereocenters. The van der Waals surface area contributed by atoms with Gasteiger partial charge < -0.3 is 9.47 Å². The van der Waals surface area contributed by atoms with Gasteiger partial charge in [0.05, 0.1) is 16.7 Å². The molecule has 9 aromatic carbocycles. The molecule has 11 rings (SSSR count). The average Bonchev–Trinajstić information content (AvgIpc) is 3.76. The van der Waals surface area contributed by atoms with E-state index in [1.807, 2.05) is 0 Å². The quantitative estimate of drug-likeness (QED) is 0.157. The Balaban J connectivity index is 1.05. The van der Waals surface area contributed by atoms with Crippen LogP contribution >= 0.6 is 0 Å². The molecule has 0 saturated heterocycles. The highest BCUT2D eigenvalue weighted by atomic mass is 15.1. The summed E-state index contributed by atoms with van der Waals surface area (Å²) < 4.78 is 2.37. The van der Waals surface area contributed by atoms with Crippen molar-refractivity contribution >= 4 is 38.9 Å². The largest absolute Gasteiger partial charge is 0.310 e. The summed E-state index contributed by atoms with van der Waals surface area (Å²) in [6.45, 7) is 4.71. The van der Waals surface area contributed by atoms with Crippen LogP contribution in [-0.4, -0.2) is 4.57 Å². The lowest BCUT2D eigenvalue weighted by Crippen LogP contribution is -2.14. The Labute approximate surface area is 345 Å². The summed E-state index contributed by atoms with van der Waals surface area (Å²) in [5.74, 6) is 0. The van der Waals surface area contributed by atoms with Crippen molar-refractivity contribution in [1.29, 1.82) is 0 Å². The summed E-state index contributed by atoms with van der Waals surface area (Å²) in [6.07, 6.45) is 0. The molecule has 2 nitrogen and oxygen atoms in total. The zero-order chi connectivity index (χ0) is 39.5. The molecule has 1 aliphatic carbocycles. The zero-order valence-electron chi connectivity index (χ0n) is 33.2. The third kappa shape index (κ3) is 5.71. The number of anilines is 3. The average molecular weight is 755 g/mol. The van der Waals surface area contributed by atoms with Gasteiger partial charge in [0, 0.05) is 38.8 Å². The van der Waals surface area contributed by atoms with Crippen molar-refractivity contribution in [2.24, 2.45) is 0 Å². The molecule has 1 aliphatic rings. The van der Waals surface area contributed by atoms with Crippen LogP contribution in [0.4, 0.5) is 17.1 Å². The van der Waals surface area contributed by atoms with Crippen LogP contribution in [0.25, 0.3) is 72.0 Å².